The SMILES string of the molecule is CN1C(=O)c2ccc(nc2)-c2ccc(cn2)C(=O)N(C)[C@@H]2Cc3ccc4c(c3C2)C[C@@H](C4)N(C)C(=O)c2ccc(nc2)-c2ccc(cn2)C(=O)N(C)[C@@H]2Cc3ccc4c(c3C2)C[C@H]1C4. The molecule has 4 atom stereocenters. The molecule has 0 unspecified atom stereocenters. The van der Waals surface area contributed by atoms with Crippen LogP contribution < -0.4 is 0 Å². The van der Waals surface area contributed by atoms with Crippen LogP contribution in [0, 0.1) is 0 Å². The highest BCUT2D eigenvalue weighted by Gasteiger charge is 2.38. The van der Waals surface area contributed by atoms with Crippen LogP contribution in [0.15, 0.2) is 97.6 Å². The molecule has 6 aromatic rings. The second kappa shape index (κ2) is 15.3. The van der Waals surface area contributed by atoms with E-state index < -0.39 is 0 Å². The van der Waals surface area contributed by atoms with E-state index in [0.717, 1.165) is 51.4 Å². The predicted octanol–water partition coefficient (Wildman–Crippen LogP) is 5.87. The van der Waals surface area contributed by atoms with Crippen LogP contribution >= 0.6 is 0 Å². The van der Waals surface area contributed by atoms with Crippen LogP contribution in [-0.4, -0.2) is 116 Å². The summed E-state index contributed by atoms with van der Waals surface area (Å²) in [5.41, 5.74) is 14.6. The molecule has 0 saturated heterocycles. The Hall–Kier alpha value is -7.08. The van der Waals surface area contributed by atoms with Crippen molar-refractivity contribution in [3.05, 3.63) is 164 Å². The number of likely N-dealkylation sites (N-methyl/N-ethyl adjacent to an activating group) is 4. The van der Waals surface area contributed by atoms with E-state index in [1.165, 1.54) is 44.5 Å². The van der Waals surface area contributed by atoms with Gasteiger partial charge in [0, 0.05) is 77.1 Å². The van der Waals surface area contributed by atoms with Gasteiger partial charge in [-0.15, -0.1) is 0 Å². The first-order valence-electron chi connectivity index (χ1n) is 22.2. The molecular weight excluding hydrogens is 801 g/mol. The summed E-state index contributed by atoms with van der Waals surface area (Å²) in [6, 6.07) is 23.2. The van der Waals surface area contributed by atoms with Crippen molar-refractivity contribution >= 4 is 23.6 Å². The molecular formula is C52H48N8O4. The molecule has 7 aliphatic heterocycles. The molecule has 16 bridgehead atoms. The number of carbonyl (C=O) groups excluding carboxylic acids is 4. The van der Waals surface area contributed by atoms with Crippen LogP contribution in [0.2, 0.25) is 0 Å². The highest BCUT2D eigenvalue weighted by Crippen LogP contribution is 2.38. The smallest absolute Gasteiger partial charge is 0.255 e. The fourth-order valence-corrected chi connectivity index (χ4v) is 10.9. The molecule has 4 aromatic heterocycles. The summed E-state index contributed by atoms with van der Waals surface area (Å²) in [6.07, 6.45) is 12.5. The summed E-state index contributed by atoms with van der Waals surface area (Å²) in [4.78, 5) is 81.3. The lowest BCUT2D eigenvalue weighted by atomic mass is 9.99. The minimum Gasteiger partial charge on any atom is -0.338 e. The van der Waals surface area contributed by atoms with E-state index in [1.54, 1.807) is 49.1 Å². The first-order valence-corrected chi connectivity index (χ1v) is 22.2. The van der Waals surface area contributed by atoms with Crippen molar-refractivity contribution in [3.63, 3.8) is 0 Å². The third kappa shape index (κ3) is 6.65. The summed E-state index contributed by atoms with van der Waals surface area (Å²) in [5.74, 6) is -0.368. The topological polar surface area (TPSA) is 133 Å². The van der Waals surface area contributed by atoms with Gasteiger partial charge in [0.2, 0.25) is 0 Å². The summed E-state index contributed by atoms with van der Waals surface area (Å²) >= 11 is 0. The molecule has 4 amide bonds. The summed E-state index contributed by atoms with van der Waals surface area (Å²) in [5, 5.41) is 0. The Morgan fingerprint density at radius 3 is 0.734 bits per heavy atom. The number of aromatic nitrogens is 4. The lowest BCUT2D eigenvalue weighted by Gasteiger charge is -2.25. The van der Waals surface area contributed by atoms with Crippen LogP contribution in [0.3, 0.4) is 0 Å². The van der Waals surface area contributed by atoms with E-state index >= 15 is 0 Å². The van der Waals surface area contributed by atoms with Crippen molar-refractivity contribution in [2.24, 2.45) is 0 Å². The maximum Gasteiger partial charge on any atom is 0.255 e. The van der Waals surface area contributed by atoms with Crippen molar-refractivity contribution in [1.82, 2.24) is 39.5 Å². The standard InChI is InChI=1S/C52H48N8O4/c1-57-37-17-29-5-6-30-18-38(22-42(30)41(29)21-37)58(2)50(62)35-11-15-47(55-27-35)48-16-12-36(28-56-48)52(64)60(4)40-20-32-8-7-31-19-39(23-43(31)44(32)24-40)59(3)51(63)34-10-14-46(54-26-34)45-13-9-33(25-53-45)49(57)61/h5-16,25-28,37-40H,17-24H2,1-4H3/t37-,38-,39-,40-/m1/s1. The summed E-state index contributed by atoms with van der Waals surface area (Å²) in [7, 11) is 7.46. The Morgan fingerprint density at radius 2 is 0.547 bits per heavy atom. The number of hydrogen-bond acceptors (Lipinski definition) is 8. The van der Waals surface area contributed by atoms with Gasteiger partial charge in [0.15, 0.2) is 0 Å². The van der Waals surface area contributed by atoms with Gasteiger partial charge in [0.25, 0.3) is 23.6 Å². The zero-order valence-electron chi connectivity index (χ0n) is 36.4. The number of rotatable bonds is 0. The minimum absolute atomic E-state index is 0.00239. The molecule has 12 nitrogen and oxygen atoms in total. The predicted molar refractivity (Wildman–Crippen MR) is 241 cm³/mol. The molecule has 320 valence electrons. The second-order valence-electron chi connectivity index (χ2n) is 18.3. The summed E-state index contributed by atoms with van der Waals surface area (Å²) in [6.45, 7) is 0. The zero-order valence-corrected chi connectivity index (χ0v) is 36.4. The molecule has 0 saturated carbocycles. The Kier molecular flexibility index (Phi) is 9.52. The Labute approximate surface area is 372 Å². The number of nitrogens with zero attached hydrogens (tertiary/aromatic N) is 8. The number of hydrogen-bond donors (Lipinski definition) is 0. The molecule has 0 spiro atoms. The van der Waals surface area contributed by atoms with E-state index in [1.807, 2.05) is 72.1 Å². The van der Waals surface area contributed by atoms with Crippen molar-refractivity contribution in [1.29, 1.82) is 0 Å². The van der Waals surface area contributed by atoms with Crippen molar-refractivity contribution in [2.75, 3.05) is 28.2 Å². The monoisotopic (exact) mass is 848 g/mol. The van der Waals surface area contributed by atoms with Crippen LogP contribution in [0.1, 0.15) is 85.9 Å². The van der Waals surface area contributed by atoms with Crippen LogP contribution in [0.4, 0.5) is 0 Å². The van der Waals surface area contributed by atoms with Crippen molar-refractivity contribution in [2.45, 2.75) is 75.5 Å². The van der Waals surface area contributed by atoms with E-state index in [9.17, 15) is 19.2 Å². The van der Waals surface area contributed by atoms with Gasteiger partial charge in [-0.3, -0.25) is 39.1 Å². The van der Waals surface area contributed by atoms with Gasteiger partial charge in [-0.25, -0.2) is 0 Å². The largest absolute Gasteiger partial charge is 0.338 e. The average Bonchev–Trinajstić information content (AvgIpc) is 4.16. The Balaban J connectivity index is 0.877. The Morgan fingerprint density at radius 1 is 0.328 bits per heavy atom. The van der Waals surface area contributed by atoms with Gasteiger partial charge < -0.3 is 19.6 Å². The molecule has 12 heteroatoms. The molecule has 4 aliphatic carbocycles. The molecule has 0 N–H and O–H groups in total. The number of amides is 4. The van der Waals surface area contributed by atoms with E-state index in [-0.39, 0.29) is 47.8 Å². The summed E-state index contributed by atoms with van der Waals surface area (Å²) < 4.78 is 0. The number of pyridine rings is 4. The molecule has 64 heavy (non-hydrogen) atoms. The third-order valence-electron chi connectivity index (χ3n) is 14.9. The van der Waals surface area contributed by atoms with Gasteiger partial charge in [0.1, 0.15) is 0 Å². The van der Waals surface area contributed by atoms with Crippen LogP contribution in [0.25, 0.3) is 22.8 Å². The third-order valence-corrected chi connectivity index (χ3v) is 14.9. The maximum atomic E-state index is 13.9. The lowest BCUT2D eigenvalue weighted by molar-refractivity contribution is 0.0727. The first-order chi connectivity index (χ1) is 31.0. The van der Waals surface area contributed by atoms with Gasteiger partial charge in [-0.2, -0.15) is 0 Å². The van der Waals surface area contributed by atoms with Gasteiger partial charge in [-0.05, 0) is 144 Å². The highest BCUT2D eigenvalue weighted by molar-refractivity contribution is 5.96. The van der Waals surface area contributed by atoms with Gasteiger partial charge in [-0.1, -0.05) is 24.3 Å². The minimum atomic E-state index is -0.0921. The quantitative estimate of drug-likeness (QED) is 0.186. The van der Waals surface area contributed by atoms with E-state index in [2.05, 4.69) is 44.2 Å². The van der Waals surface area contributed by atoms with Gasteiger partial charge >= 0.3 is 0 Å². The van der Waals surface area contributed by atoms with Crippen LogP contribution in [-0.2, 0) is 51.4 Å². The number of benzene rings is 2. The molecule has 11 heterocycles. The number of carbonyl (C=O) groups is 4. The van der Waals surface area contributed by atoms with Crippen molar-refractivity contribution in [3.8, 4) is 22.8 Å². The zero-order chi connectivity index (χ0) is 44.0. The van der Waals surface area contributed by atoms with Crippen molar-refractivity contribution < 1.29 is 19.2 Å². The maximum absolute atomic E-state index is 13.9. The molecule has 2 aromatic carbocycles. The van der Waals surface area contributed by atoms with Gasteiger partial charge in [0.05, 0.1) is 45.0 Å². The second-order valence-corrected chi connectivity index (χ2v) is 18.3. The van der Waals surface area contributed by atoms with E-state index in [0.29, 0.717) is 45.0 Å². The molecule has 17 rings (SSSR count). The molecule has 11 aliphatic rings. The fraction of sp³-hybridized carbons (Fsp3) is 0.308. The molecule has 0 radical (unpaired) electrons. The average molecular weight is 849 g/mol. The van der Waals surface area contributed by atoms with Crippen LogP contribution in [0.5, 0.6) is 0 Å². The fourth-order valence-electron chi connectivity index (χ4n) is 10.9. The highest BCUT2D eigenvalue weighted by atomic mass is 16.2. The van der Waals surface area contributed by atoms with E-state index in [4.69, 9.17) is 0 Å². The first kappa shape index (κ1) is 39.7. The lowest BCUT2D eigenvalue weighted by Crippen LogP contribution is -2.38. The normalized spacial score (nSPS) is 21.6. The molecule has 0 fully saturated rings. The Bertz CT molecular complexity index is 2500.